The Morgan fingerprint density at radius 3 is 1.41 bits per heavy atom. The van der Waals surface area contributed by atoms with Crippen LogP contribution in [-0.2, 0) is 9.59 Å². The summed E-state index contributed by atoms with van der Waals surface area (Å²) in [5.74, 6) is 0. The van der Waals surface area contributed by atoms with Gasteiger partial charge in [-0.2, -0.15) is 0 Å². The molecule has 8 heteroatoms. The number of para-hydroxylation sites is 2. The first-order valence-electron chi connectivity index (χ1n) is 6.00. The smallest absolute Gasteiger partial charge is 0.225 e. The van der Waals surface area contributed by atoms with E-state index in [-0.39, 0.29) is 0 Å². The predicted octanol–water partition coefficient (Wildman–Crippen LogP) is 4.83. The van der Waals surface area contributed by atoms with Crippen LogP contribution in [0.25, 0.3) is 0 Å². The molecule has 22 heavy (non-hydrogen) atoms. The van der Waals surface area contributed by atoms with Crippen molar-refractivity contribution in [3.05, 3.63) is 58.6 Å². The maximum atomic E-state index is 11.3. The molecule has 0 spiro atoms. The molecule has 0 N–H and O–H groups in total. The van der Waals surface area contributed by atoms with Crippen LogP contribution in [0, 0.1) is 0 Å². The Balaban J connectivity index is 2.12. The van der Waals surface area contributed by atoms with E-state index >= 15 is 0 Å². The monoisotopic (exact) mass is 372 g/mol. The highest BCUT2D eigenvalue weighted by molar-refractivity contribution is 8.78. The molecule has 2 amide bonds. The van der Waals surface area contributed by atoms with Crippen molar-refractivity contribution >= 4 is 69.4 Å². The summed E-state index contributed by atoms with van der Waals surface area (Å²) in [4.78, 5) is 22.5. The Morgan fingerprint density at radius 2 is 1.09 bits per heavy atom. The van der Waals surface area contributed by atoms with Crippen LogP contribution in [-0.4, -0.2) is 12.8 Å². The van der Waals surface area contributed by atoms with Crippen LogP contribution >= 0.6 is 45.2 Å². The van der Waals surface area contributed by atoms with E-state index in [2.05, 4.69) is 0 Å². The standard InChI is InChI=1S/C14H10Cl2N2O2S2/c15-11-5-1-3-7-13(11)17(9-19)21-22-18(10-20)14-8-4-2-6-12(14)16/h1-10H. The van der Waals surface area contributed by atoms with Crippen molar-refractivity contribution in [3.8, 4) is 0 Å². The van der Waals surface area contributed by atoms with Gasteiger partial charge in [-0.25, -0.2) is 8.61 Å². The third-order valence-electron chi connectivity index (χ3n) is 2.57. The largest absolute Gasteiger partial charge is 0.277 e. The van der Waals surface area contributed by atoms with Gasteiger partial charge in [-0.1, -0.05) is 47.5 Å². The second-order valence-electron chi connectivity index (χ2n) is 3.91. The first-order chi connectivity index (χ1) is 10.7. The zero-order valence-corrected chi connectivity index (χ0v) is 14.2. The molecule has 0 radical (unpaired) electrons. The van der Waals surface area contributed by atoms with E-state index in [1.54, 1.807) is 48.5 Å². The van der Waals surface area contributed by atoms with Gasteiger partial charge in [0.2, 0.25) is 12.8 Å². The number of hydrogen-bond acceptors (Lipinski definition) is 4. The summed E-state index contributed by atoms with van der Waals surface area (Å²) in [6.45, 7) is 0. The van der Waals surface area contributed by atoms with Gasteiger partial charge in [-0.3, -0.25) is 9.59 Å². The van der Waals surface area contributed by atoms with Gasteiger partial charge in [0.05, 0.1) is 43.4 Å². The molecule has 0 aliphatic heterocycles. The molecule has 0 aromatic heterocycles. The Morgan fingerprint density at radius 1 is 0.727 bits per heavy atom. The van der Waals surface area contributed by atoms with E-state index in [9.17, 15) is 9.59 Å². The van der Waals surface area contributed by atoms with Crippen molar-refractivity contribution < 1.29 is 9.59 Å². The molecule has 0 atom stereocenters. The molecule has 2 aromatic carbocycles. The van der Waals surface area contributed by atoms with E-state index in [1.807, 2.05) is 0 Å². The Kier molecular flexibility index (Phi) is 6.45. The molecule has 0 bridgehead atoms. The molecule has 2 aromatic rings. The fourth-order valence-corrected chi connectivity index (χ4v) is 3.93. The average Bonchev–Trinajstić information content (AvgIpc) is 2.54. The predicted molar refractivity (Wildman–Crippen MR) is 95.2 cm³/mol. The van der Waals surface area contributed by atoms with Gasteiger partial charge in [0, 0.05) is 0 Å². The first-order valence-corrected chi connectivity index (χ1v) is 8.82. The topological polar surface area (TPSA) is 40.6 Å². The van der Waals surface area contributed by atoms with Crippen LogP contribution in [0.3, 0.4) is 0 Å². The summed E-state index contributed by atoms with van der Waals surface area (Å²) in [7, 11) is 2.12. The van der Waals surface area contributed by atoms with Gasteiger partial charge in [-0.05, 0) is 24.3 Å². The summed E-state index contributed by atoms with van der Waals surface area (Å²) in [6, 6.07) is 13.9. The lowest BCUT2D eigenvalue weighted by molar-refractivity contribution is -0.107. The second kappa shape index (κ2) is 8.33. The maximum absolute atomic E-state index is 11.3. The van der Waals surface area contributed by atoms with Crippen molar-refractivity contribution in [2.24, 2.45) is 0 Å². The van der Waals surface area contributed by atoms with Gasteiger partial charge >= 0.3 is 0 Å². The number of carbonyl (C=O) groups is 2. The average molecular weight is 373 g/mol. The minimum atomic E-state index is 0.443. The normalized spacial score (nSPS) is 10.1. The Hall–Kier alpha value is -1.34. The molecular formula is C14H10Cl2N2O2S2. The number of anilines is 2. The molecule has 0 saturated carbocycles. The molecule has 0 aliphatic carbocycles. The van der Waals surface area contributed by atoms with Gasteiger partial charge in [0.15, 0.2) is 0 Å². The lowest BCUT2D eigenvalue weighted by Crippen LogP contribution is -2.15. The van der Waals surface area contributed by atoms with Gasteiger partial charge in [0.1, 0.15) is 0 Å². The minimum absolute atomic E-state index is 0.443. The Bertz CT molecular complexity index is 615. The number of rotatable bonds is 7. The molecule has 0 saturated heterocycles. The fourth-order valence-electron chi connectivity index (χ4n) is 1.56. The highest BCUT2D eigenvalue weighted by atomic mass is 35.5. The molecule has 2 rings (SSSR count). The van der Waals surface area contributed by atoms with Crippen molar-refractivity contribution in [2.75, 3.05) is 8.61 Å². The number of nitrogens with zero attached hydrogens (tertiary/aromatic N) is 2. The Labute approximate surface area is 146 Å². The molecule has 114 valence electrons. The SMILES string of the molecule is O=CN(SSN(C=O)c1ccccc1Cl)c1ccccc1Cl. The molecule has 0 heterocycles. The van der Waals surface area contributed by atoms with E-state index in [1.165, 1.54) is 8.61 Å². The quantitative estimate of drug-likeness (QED) is 0.396. The van der Waals surface area contributed by atoms with E-state index in [4.69, 9.17) is 23.2 Å². The van der Waals surface area contributed by atoms with Crippen molar-refractivity contribution in [3.63, 3.8) is 0 Å². The fraction of sp³-hybridized carbons (Fsp3) is 0. The summed E-state index contributed by atoms with van der Waals surface area (Å²) in [6.07, 6.45) is 1.27. The lowest BCUT2D eigenvalue weighted by Gasteiger charge is -2.21. The third-order valence-corrected chi connectivity index (χ3v) is 5.32. The van der Waals surface area contributed by atoms with Crippen LogP contribution in [0.15, 0.2) is 48.5 Å². The van der Waals surface area contributed by atoms with E-state index in [0.717, 1.165) is 22.0 Å². The zero-order valence-electron chi connectivity index (χ0n) is 11.1. The summed E-state index contributed by atoms with van der Waals surface area (Å²) in [5.41, 5.74) is 1.09. The van der Waals surface area contributed by atoms with Crippen molar-refractivity contribution in [1.29, 1.82) is 0 Å². The molecule has 0 unspecified atom stereocenters. The minimum Gasteiger partial charge on any atom is -0.277 e. The number of halogens is 2. The highest BCUT2D eigenvalue weighted by Gasteiger charge is 2.15. The second-order valence-corrected chi connectivity index (χ2v) is 6.71. The summed E-state index contributed by atoms with van der Waals surface area (Å²) >= 11 is 12.1. The molecular weight excluding hydrogens is 363 g/mol. The van der Waals surface area contributed by atoms with Crippen LogP contribution in [0.5, 0.6) is 0 Å². The van der Waals surface area contributed by atoms with E-state index in [0.29, 0.717) is 34.2 Å². The molecule has 4 nitrogen and oxygen atoms in total. The van der Waals surface area contributed by atoms with Crippen LogP contribution < -0.4 is 8.61 Å². The van der Waals surface area contributed by atoms with Gasteiger partial charge in [-0.15, -0.1) is 0 Å². The van der Waals surface area contributed by atoms with Crippen molar-refractivity contribution in [1.82, 2.24) is 0 Å². The summed E-state index contributed by atoms with van der Waals surface area (Å²) < 4.78 is 2.67. The molecule has 0 fully saturated rings. The van der Waals surface area contributed by atoms with Gasteiger partial charge in [0.25, 0.3) is 0 Å². The highest BCUT2D eigenvalue weighted by Crippen LogP contribution is 2.39. The third kappa shape index (κ3) is 4.10. The maximum Gasteiger partial charge on any atom is 0.225 e. The van der Waals surface area contributed by atoms with Crippen LogP contribution in [0.4, 0.5) is 11.4 Å². The number of amides is 2. The summed E-state index contributed by atoms with van der Waals surface area (Å²) in [5, 5.41) is 0.885. The number of benzene rings is 2. The van der Waals surface area contributed by atoms with E-state index < -0.39 is 0 Å². The lowest BCUT2D eigenvalue weighted by atomic mass is 10.3. The zero-order chi connectivity index (χ0) is 15.9. The van der Waals surface area contributed by atoms with Crippen molar-refractivity contribution in [2.45, 2.75) is 0 Å². The van der Waals surface area contributed by atoms with Crippen LogP contribution in [0.1, 0.15) is 0 Å². The number of carbonyl (C=O) groups excluding carboxylic acids is 2. The van der Waals surface area contributed by atoms with Crippen LogP contribution in [0.2, 0.25) is 10.0 Å². The molecule has 0 aliphatic rings. The number of hydrogen-bond donors (Lipinski definition) is 0. The first kappa shape index (κ1) is 17.0. The van der Waals surface area contributed by atoms with Gasteiger partial charge < -0.3 is 0 Å².